The first-order valence-corrected chi connectivity index (χ1v) is 7.02. The van der Waals surface area contributed by atoms with Gasteiger partial charge in [-0.2, -0.15) is 0 Å². The number of rotatable bonds is 9. The molecule has 1 fully saturated rings. The fourth-order valence-electron chi connectivity index (χ4n) is 1.64. The highest BCUT2D eigenvalue weighted by Gasteiger charge is 2.26. The van der Waals surface area contributed by atoms with Crippen molar-refractivity contribution in [3.05, 3.63) is 0 Å². The molecular weight excluding hydrogens is 262 g/mol. The Labute approximate surface area is 118 Å². The molecule has 1 aliphatic rings. The molecule has 3 amide bonds. The van der Waals surface area contributed by atoms with E-state index in [1.165, 1.54) is 0 Å². The van der Waals surface area contributed by atoms with Crippen molar-refractivity contribution in [3.63, 3.8) is 0 Å². The Morgan fingerprint density at radius 1 is 1.25 bits per heavy atom. The quantitative estimate of drug-likeness (QED) is 0.421. The maximum Gasteiger partial charge on any atom is 0.312 e. The summed E-state index contributed by atoms with van der Waals surface area (Å²) in [5, 5.41) is 5.26. The Kier molecular flexibility index (Phi) is 6.83. The van der Waals surface area contributed by atoms with Crippen LogP contribution in [0.5, 0.6) is 0 Å². The SMILES string of the molecule is C[C@H](OC(=O)CCCCCNC(N)=O)C(=O)NC1CC1. The first kappa shape index (κ1) is 16.3. The van der Waals surface area contributed by atoms with Crippen LogP contribution in [0.25, 0.3) is 0 Å². The Morgan fingerprint density at radius 3 is 2.55 bits per heavy atom. The Hall–Kier alpha value is -1.79. The minimum atomic E-state index is -0.736. The van der Waals surface area contributed by atoms with Gasteiger partial charge in [-0.3, -0.25) is 9.59 Å². The van der Waals surface area contributed by atoms with E-state index in [1.807, 2.05) is 0 Å². The Morgan fingerprint density at radius 2 is 1.95 bits per heavy atom. The van der Waals surface area contributed by atoms with E-state index in [0.717, 1.165) is 25.7 Å². The van der Waals surface area contributed by atoms with Crippen molar-refractivity contribution < 1.29 is 19.1 Å². The summed E-state index contributed by atoms with van der Waals surface area (Å²) in [6, 6.07) is -0.277. The van der Waals surface area contributed by atoms with Gasteiger partial charge in [0, 0.05) is 19.0 Å². The number of nitrogens with two attached hydrogens (primary N) is 1. The first-order valence-electron chi connectivity index (χ1n) is 7.02. The second-order valence-corrected chi connectivity index (χ2v) is 5.02. The number of hydrogen-bond acceptors (Lipinski definition) is 4. The smallest absolute Gasteiger partial charge is 0.312 e. The normalized spacial score (nSPS) is 15.2. The van der Waals surface area contributed by atoms with Gasteiger partial charge >= 0.3 is 12.0 Å². The predicted octanol–water partition coefficient (Wildman–Crippen LogP) is 0.425. The second kappa shape index (κ2) is 8.39. The lowest BCUT2D eigenvalue weighted by atomic mass is 10.2. The standard InChI is InChI=1S/C13H23N3O4/c1-9(12(18)16-10-6-7-10)20-11(17)5-3-2-4-8-15-13(14)19/h9-10H,2-8H2,1H3,(H,16,18)(H3,14,15,19)/t9-/m0/s1. The van der Waals surface area contributed by atoms with Gasteiger partial charge in [-0.25, -0.2) is 4.79 Å². The number of carbonyl (C=O) groups is 3. The number of ether oxygens (including phenoxy) is 1. The molecule has 0 aromatic carbocycles. The summed E-state index contributed by atoms with van der Waals surface area (Å²) in [5.74, 6) is -0.599. The maximum absolute atomic E-state index is 11.6. The summed E-state index contributed by atoms with van der Waals surface area (Å²) in [5.41, 5.74) is 4.92. The molecule has 0 spiro atoms. The first-order chi connectivity index (χ1) is 9.49. The van der Waals surface area contributed by atoms with E-state index in [9.17, 15) is 14.4 Å². The van der Waals surface area contributed by atoms with Crippen molar-refractivity contribution in [1.82, 2.24) is 10.6 Å². The molecule has 0 radical (unpaired) electrons. The van der Waals surface area contributed by atoms with Gasteiger partial charge in [0.1, 0.15) is 0 Å². The molecule has 0 aromatic rings. The molecule has 1 saturated carbocycles. The molecule has 20 heavy (non-hydrogen) atoms. The number of unbranched alkanes of at least 4 members (excludes halogenated alkanes) is 2. The van der Waals surface area contributed by atoms with Crippen LogP contribution in [0.3, 0.4) is 0 Å². The van der Waals surface area contributed by atoms with Gasteiger partial charge in [-0.1, -0.05) is 6.42 Å². The van der Waals surface area contributed by atoms with Crippen LogP contribution < -0.4 is 16.4 Å². The maximum atomic E-state index is 11.6. The molecule has 0 heterocycles. The minimum Gasteiger partial charge on any atom is -0.453 e. The molecule has 7 nitrogen and oxygen atoms in total. The lowest BCUT2D eigenvalue weighted by Crippen LogP contribution is -2.37. The fourth-order valence-corrected chi connectivity index (χ4v) is 1.64. The van der Waals surface area contributed by atoms with Crippen molar-refractivity contribution in [1.29, 1.82) is 0 Å². The van der Waals surface area contributed by atoms with E-state index in [0.29, 0.717) is 13.0 Å². The third-order valence-corrected chi connectivity index (χ3v) is 2.96. The van der Waals surface area contributed by atoms with Crippen LogP contribution in [0, 0.1) is 0 Å². The summed E-state index contributed by atoms with van der Waals surface area (Å²) in [4.78, 5) is 33.5. The third-order valence-electron chi connectivity index (χ3n) is 2.96. The number of amides is 3. The molecule has 7 heteroatoms. The van der Waals surface area contributed by atoms with Crippen LogP contribution in [0.15, 0.2) is 0 Å². The van der Waals surface area contributed by atoms with Crippen LogP contribution in [-0.2, 0) is 14.3 Å². The van der Waals surface area contributed by atoms with E-state index in [-0.39, 0.29) is 24.3 Å². The predicted molar refractivity (Wildman–Crippen MR) is 72.8 cm³/mol. The lowest BCUT2D eigenvalue weighted by molar-refractivity contribution is -0.155. The number of urea groups is 1. The van der Waals surface area contributed by atoms with E-state index >= 15 is 0 Å². The fraction of sp³-hybridized carbons (Fsp3) is 0.769. The average Bonchev–Trinajstić information content (AvgIpc) is 3.17. The van der Waals surface area contributed by atoms with Gasteiger partial charge in [0.25, 0.3) is 5.91 Å². The lowest BCUT2D eigenvalue weighted by Gasteiger charge is -2.13. The van der Waals surface area contributed by atoms with Crippen molar-refractivity contribution in [2.45, 2.75) is 57.6 Å². The highest BCUT2D eigenvalue weighted by molar-refractivity contribution is 5.83. The number of nitrogens with one attached hydrogen (secondary N) is 2. The van der Waals surface area contributed by atoms with Gasteiger partial charge in [0.2, 0.25) is 0 Å². The monoisotopic (exact) mass is 285 g/mol. The van der Waals surface area contributed by atoms with Gasteiger partial charge in [-0.05, 0) is 32.6 Å². The van der Waals surface area contributed by atoms with Crippen LogP contribution in [-0.4, -0.2) is 36.6 Å². The third kappa shape index (κ3) is 7.60. The zero-order chi connectivity index (χ0) is 15.0. The number of carbonyl (C=O) groups excluding carboxylic acids is 3. The second-order valence-electron chi connectivity index (χ2n) is 5.02. The summed E-state index contributed by atoms with van der Waals surface area (Å²) in [6.07, 6.45) is 3.76. The van der Waals surface area contributed by atoms with Crippen LogP contribution in [0.4, 0.5) is 4.79 Å². The zero-order valence-corrected chi connectivity index (χ0v) is 11.8. The number of hydrogen-bond donors (Lipinski definition) is 3. The van der Waals surface area contributed by atoms with Crippen LogP contribution in [0.2, 0.25) is 0 Å². The molecule has 4 N–H and O–H groups in total. The highest BCUT2D eigenvalue weighted by Crippen LogP contribution is 2.18. The largest absolute Gasteiger partial charge is 0.453 e. The molecule has 0 aromatic heterocycles. The topological polar surface area (TPSA) is 111 Å². The van der Waals surface area contributed by atoms with Crippen LogP contribution in [0.1, 0.15) is 45.4 Å². The van der Waals surface area contributed by atoms with E-state index in [2.05, 4.69) is 10.6 Å². The van der Waals surface area contributed by atoms with Gasteiger partial charge < -0.3 is 21.1 Å². The summed E-state index contributed by atoms with van der Waals surface area (Å²) in [6.45, 7) is 2.08. The summed E-state index contributed by atoms with van der Waals surface area (Å²) >= 11 is 0. The molecule has 114 valence electrons. The number of esters is 1. The molecule has 0 unspecified atom stereocenters. The van der Waals surface area contributed by atoms with Crippen molar-refractivity contribution >= 4 is 17.9 Å². The van der Waals surface area contributed by atoms with Gasteiger partial charge in [0.15, 0.2) is 6.10 Å². The van der Waals surface area contributed by atoms with Gasteiger partial charge in [-0.15, -0.1) is 0 Å². The molecule has 0 bridgehead atoms. The van der Waals surface area contributed by atoms with E-state index < -0.39 is 12.1 Å². The molecule has 1 aliphatic carbocycles. The highest BCUT2D eigenvalue weighted by atomic mass is 16.5. The minimum absolute atomic E-state index is 0.230. The Balaban J connectivity index is 2.01. The van der Waals surface area contributed by atoms with E-state index in [4.69, 9.17) is 10.5 Å². The van der Waals surface area contributed by atoms with Crippen LogP contribution >= 0.6 is 0 Å². The van der Waals surface area contributed by atoms with Crippen molar-refractivity contribution in [2.24, 2.45) is 5.73 Å². The molecular formula is C13H23N3O4. The zero-order valence-electron chi connectivity index (χ0n) is 11.8. The molecule has 0 aliphatic heterocycles. The van der Waals surface area contributed by atoms with Gasteiger partial charge in [0.05, 0.1) is 0 Å². The molecule has 1 rings (SSSR count). The number of primary amides is 1. The average molecular weight is 285 g/mol. The van der Waals surface area contributed by atoms with E-state index in [1.54, 1.807) is 6.92 Å². The molecule has 0 saturated heterocycles. The van der Waals surface area contributed by atoms with Crippen molar-refractivity contribution in [3.8, 4) is 0 Å². The summed E-state index contributed by atoms with van der Waals surface area (Å²) < 4.78 is 5.04. The Bertz CT molecular complexity index is 356. The van der Waals surface area contributed by atoms with Crippen molar-refractivity contribution in [2.75, 3.05) is 6.54 Å². The summed E-state index contributed by atoms with van der Waals surface area (Å²) in [7, 11) is 0. The molecule has 1 atom stereocenters.